The second-order valence-corrected chi connectivity index (χ2v) is 8.12. The summed E-state index contributed by atoms with van der Waals surface area (Å²) in [7, 11) is 1.64. The molecular weight excluding hydrogens is 426 g/mol. The van der Waals surface area contributed by atoms with Crippen LogP contribution in [0.1, 0.15) is 22.6 Å². The molecule has 6 heteroatoms. The standard InChI is InChI=1S/C28H21N3O3/c1-33-21-13-9-19(10-14-21)31-27-26-24(18-6-11-20(32)12-7-18)25-22-5-3-2-4-17(22)8-15-23(25)34-28(26)30-16-29-27/h2-16,24,32H,1H3,(H,29,30,31). The van der Waals surface area contributed by atoms with Crippen molar-refractivity contribution in [2.45, 2.75) is 5.92 Å². The fourth-order valence-corrected chi connectivity index (χ4v) is 4.54. The van der Waals surface area contributed by atoms with Crippen LogP contribution in [0.3, 0.4) is 0 Å². The van der Waals surface area contributed by atoms with E-state index in [-0.39, 0.29) is 11.7 Å². The van der Waals surface area contributed by atoms with Crippen LogP contribution in [0.4, 0.5) is 11.5 Å². The number of anilines is 2. The van der Waals surface area contributed by atoms with E-state index < -0.39 is 0 Å². The monoisotopic (exact) mass is 447 g/mol. The third-order valence-electron chi connectivity index (χ3n) is 6.14. The van der Waals surface area contributed by atoms with E-state index in [1.807, 2.05) is 54.6 Å². The Morgan fingerprint density at radius 2 is 1.65 bits per heavy atom. The summed E-state index contributed by atoms with van der Waals surface area (Å²) >= 11 is 0. The first-order valence-corrected chi connectivity index (χ1v) is 11.0. The van der Waals surface area contributed by atoms with Crippen molar-refractivity contribution in [3.63, 3.8) is 0 Å². The predicted octanol–water partition coefficient (Wildman–Crippen LogP) is 6.37. The van der Waals surface area contributed by atoms with E-state index in [0.29, 0.717) is 11.7 Å². The lowest BCUT2D eigenvalue weighted by Crippen LogP contribution is -2.16. The largest absolute Gasteiger partial charge is 0.508 e. The van der Waals surface area contributed by atoms with Gasteiger partial charge >= 0.3 is 0 Å². The molecule has 1 unspecified atom stereocenters. The van der Waals surface area contributed by atoms with Crippen molar-refractivity contribution >= 4 is 22.3 Å². The van der Waals surface area contributed by atoms with Crippen molar-refractivity contribution in [1.29, 1.82) is 0 Å². The molecule has 0 spiro atoms. The van der Waals surface area contributed by atoms with Crippen molar-refractivity contribution in [2.75, 3.05) is 12.4 Å². The lowest BCUT2D eigenvalue weighted by Gasteiger charge is -2.30. The van der Waals surface area contributed by atoms with Gasteiger partial charge in [0.05, 0.1) is 12.7 Å². The number of aromatic nitrogens is 2. The van der Waals surface area contributed by atoms with E-state index >= 15 is 0 Å². The van der Waals surface area contributed by atoms with E-state index in [1.165, 1.54) is 6.33 Å². The van der Waals surface area contributed by atoms with Gasteiger partial charge < -0.3 is 19.9 Å². The maximum absolute atomic E-state index is 9.94. The van der Waals surface area contributed by atoms with Crippen molar-refractivity contribution in [1.82, 2.24) is 9.97 Å². The smallest absolute Gasteiger partial charge is 0.228 e. The van der Waals surface area contributed by atoms with Crippen molar-refractivity contribution < 1.29 is 14.6 Å². The molecule has 0 amide bonds. The highest BCUT2D eigenvalue weighted by Gasteiger charge is 2.34. The molecule has 1 aliphatic rings. The molecule has 2 N–H and O–H groups in total. The minimum Gasteiger partial charge on any atom is -0.508 e. The second kappa shape index (κ2) is 8.08. The lowest BCUT2D eigenvalue weighted by molar-refractivity contribution is 0.415. The van der Waals surface area contributed by atoms with Crippen molar-refractivity contribution in [3.8, 4) is 23.1 Å². The molecule has 6 rings (SSSR count). The third kappa shape index (κ3) is 3.36. The van der Waals surface area contributed by atoms with Gasteiger partial charge in [0.25, 0.3) is 0 Å². The molecule has 0 bridgehead atoms. The molecule has 5 aromatic rings. The molecule has 0 fully saturated rings. The van der Waals surface area contributed by atoms with Gasteiger partial charge in [0.15, 0.2) is 0 Å². The van der Waals surface area contributed by atoms with Crippen LogP contribution in [0.25, 0.3) is 10.8 Å². The van der Waals surface area contributed by atoms with Crippen LogP contribution in [-0.4, -0.2) is 22.2 Å². The molecule has 0 aliphatic carbocycles. The molecule has 6 nitrogen and oxygen atoms in total. The summed E-state index contributed by atoms with van der Waals surface area (Å²) in [4.78, 5) is 9.07. The highest BCUT2D eigenvalue weighted by Crippen LogP contribution is 2.51. The molecule has 34 heavy (non-hydrogen) atoms. The molecule has 1 atom stereocenters. The molecule has 2 heterocycles. The summed E-state index contributed by atoms with van der Waals surface area (Å²) in [6.07, 6.45) is 1.50. The number of nitrogens with zero attached hydrogens (tertiary/aromatic N) is 2. The quantitative estimate of drug-likeness (QED) is 0.327. The van der Waals surface area contributed by atoms with Gasteiger partial charge in [-0.15, -0.1) is 0 Å². The van der Waals surface area contributed by atoms with Crippen LogP contribution < -0.4 is 14.8 Å². The third-order valence-corrected chi connectivity index (χ3v) is 6.14. The highest BCUT2D eigenvalue weighted by atomic mass is 16.5. The number of phenolic OH excluding ortho intramolecular Hbond substituents is 1. The number of nitrogens with one attached hydrogen (secondary N) is 1. The van der Waals surface area contributed by atoms with Crippen molar-refractivity contribution in [3.05, 3.63) is 108 Å². The number of methoxy groups -OCH3 is 1. The van der Waals surface area contributed by atoms with E-state index in [1.54, 1.807) is 19.2 Å². The normalized spacial score (nSPS) is 14.1. The maximum Gasteiger partial charge on any atom is 0.228 e. The van der Waals surface area contributed by atoms with E-state index in [2.05, 4.69) is 33.5 Å². The molecule has 166 valence electrons. The van der Waals surface area contributed by atoms with Gasteiger partial charge in [0.2, 0.25) is 5.88 Å². The number of hydrogen-bond acceptors (Lipinski definition) is 6. The molecule has 1 aliphatic heterocycles. The van der Waals surface area contributed by atoms with Crippen LogP contribution in [0.2, 0.25) is 0 Å². The number of benzene rings is 4. The zero-order valence-corrected chi connectivity index (χ0v) is 18.4. The summed E-state index contributed by atoms with van der Waals surface area (Å²) in [6.45, 7) is 0. The van der Waals surface area contributed by atoms with Gasteiger partial charge in [-0.05, 0) is 58.8 Å². The van der Waals surface area contributed by atoms with Crippen LogP contribution in [0, 0.1) is 0 Å². The van der Waals surface area contributed by atoms with Gasteiger partial charge in [-0.1, -0.05) is 42.5 Å². The van der Waals surface area contributed by atoms with E-state index in [0.717, 1.165) is 44.6 Å². The predicted molar refractivity (Wildman–Crippen MR) is 131 cm³/mol. The Hall–Kier alpha value is -4.58. The minimum atomic E-state index is -0.201. The average molecular weight is 447 g/mol. The highest BCUT2D eigenvalue weighted by molar-refractivity contribution is 5.90. The SMILES string of the molecule is COc1ccc(Nc2ncnc3c2C(c2ccc(O)cc2)c2c(ccc4ccccc24)O3)cc1. The Kier molecular flexibility index (Phi) is 4.77. The molecule has 4 aromatic carbocycles. The summed E-state index contributed by atoms with van der Waals surface area (Å²) < 4.78 is 11.6. The molecular formula is C28H21N3O3. The lowest BCUT2D eigenvalue weighted by atomic mass is 9.81. The number of ether oxygens (including phenoxy) is 2. The summed E-state index contributed by atoms with van der Waals surface area (Å²) in [6, 6.07) is 27.3. The van der Waals surface area contributed by atoms with Crippen LogP contribution in [0.5, 0.6) is 23.1 Å². The summed E-state index contributed by atoms with van der Waals surface area (Å²) in [5.41, 5.74) is 3.76. The van der Waals surface area contributed by atoms with E-state index in [4.69, 9.17) is 9.47 Å². The van der Waals surface area contributed by atoms with Crippen LogP contribution in [-0.2, 0) is 0 Å². The van der Waals surface area contributed by atoms with Gasteiger partial charge in [-0.3, -0.25) is 0 Å². The average Bonchev–Trinajstić information content (AvgIpc) is 2.88. The van der Waals surface area contributed by atoms with E-state index in [9.17, 15) is 5.11 Å². The zero-order valence-electron chi connectivity index (χ0n) is 18.4. The number of hydrogen-bond donors (Lipinski definition) is 2. The van der Waals surface area contributed by atoms with Crippen molar-refractivity contribution in [2.24, 2.45) is 0 Å². The van der Waals surface area contributed by atoms with Crippen LogP contribution >= 0.6 is 0 Å². The Balaban J connectivity index is 1.57. The minimum absolute atomic E-state index is 0.201. The first-order chi connectivity index (χ1) is 16.7. The first kappa shape index (κ1) is 20.1. The Morgan fingerprint density at radius 1 is 0.853 bits per heavy atom. The van der Waals surface area contributed by atoms with Gasteiger partial charge in [0.1, 0.15) is 29.4 Å². The second-order valence-electron chi connectivity index (χ2n) is 8.12. The number of rotatable bonds is 4. The fourth-order valence-electron chi connectivity index (χ4n) is 4.54. The Morgan fingerprint density at radius 3 is 2.44 bits per heavy atom. The molecule has 1 aromatic heterocycles. The first-order valence-electron chi connectivity index (χ1n) is 11.0. The van der Waals surface area contributed by atoms with Gasteiger partial charge in [-0.25, -0.2) is 9.97 Å². The number of fused-ring (bicyclic) bond motifs is 4. The number of phenols is 1. The summed E-state index contributed by atoms with van der Waals surface area (Å²) in [5.74, 6) is 2.72. The number of aromatic hydroxyl groups is 1. The molecule has 0 radical (unpaired) electrons. The fraction of sp³-hybridized carbons (Fsp3) is 0.0714. The Bertz CT molecular complexity index is 1500. The molecule has 0 saturated carbocycles. The zero-order chi connectivity index (χ0) is 23.1. The van der Waals surface area contributed by atoms with Gasteiger partial charge in [0, 0.05) is 17.2 Å². The Labute approximate surface area is 196 Å². The summed E-state index contributed by atoms with van der Waals surface area (Å²) in [5, 5.41) is 15.6. The van der Waals surface area contributed by atoms with Crippen LogP contribution in [0.15, 0.2) is 91.3 Å². The molecule has 0 saturated heterocycles. The maximum atomic E-state index is 9.94. The van der Waals surface area contributed by atoms with Gasteiger partial charge in [-0.2, -0.15) is 0 Å². The topological polar surface area (TPSA) is 76.5 Å².